The molecule has 0 aliphatic carbocycles. The van der Waals surface area contributed by atoms with E-state index in [-0.39, 0.29) is 17.3 Å². The topological polar surface area (TPSA) is 64.2 Å². The average molecular weight is 354 g/mol. The Morgan fingerprint density at radius 1 is 1.40 bits per heavy atom. The lowest BCUT2D eigenvalue weighted by atomic mass is 10.1. The van der Waals surface area contributed by atoms with Crippen molar-refractivity contribution >= 4 is 16.9 Å². The number of amides is 1. The van der Waals surface area contributed by atoms with Gasteiger partial charge in [-0.25, -0.2) is 4.98 Å². The van der Waals surface area contributed by atoms with E-state index in [0.717, 1.165) is 11.0 Å². The van der Waals surface area contributed by atoms with E-state index < -0.39 is 18.0 Å². The number of hydrogen-bond acceptors (Lipinski definition) is 3. The van der Waals surface area contributed by atoms with Crippen LogP contribution in [-0.2, 0) is 6.18 Å². The summed E-state index contributed by atoms with van der Waals surface area (Å²) in [6, 6.07) is 4.16. The number of nitrogens with two attached hydrogens (primary N) is 1. The van der Waals surface area contributed by atoms with Gasteiger partial charge in [0.05, 0.1) is 11.0 Å². The number of alkyl halides is 3. The number of rotatable bonds is 3. The zero-order valence-electron chi connectivity index (χ0n) is 14.2. The minimum absolute atomic E-state index is 0.182. The third-order valence-corrected chi connectivity index (χ3v) is 4.61. The number of imidazole rings is 1. The fraction of sp³-hybridized carbons (Fsp3) is 0.529. The molecule has 5 nitrogen and oxygen atoms in total. The van der Waals surface area contributed by atoms with Crippen molar-refractivity contribution in [3.63, 3.8) is 0 Å². The molecule has 136 valence electrons. The molecule has 2 heterocycles. The third-order valence-electron chi connectivity index (χ3n) is 4.61. The SMILES string of the molecule is CC(C)n1c(C(F)(F)F)nc2cc(C(=O)N3CCC(CN)C3)ccc21. The highest BCUT2D eigenvalue weighted by Crippen LogP contribution is 2.34. The molecule has 1 aromatic carbocycles. The van der Waals surface area contributed by atoms with Crippen molar-refractivity contribution in [2.24, 2.45) is 11.7 Å². The summed E-state index contributed by atoms with van der Waals surface area (Å²) in [4.78, 5) is 18.1. The molecule has 0 radical (unpaired) electrons. The Hall–Kier alpha value is -2.09. The van der Waals surface area contributed by atoms with Crippen molar-refractivity contribution in [2.75, 3.05) is 19.6 Å². The number of nitrogens with zero attached hydrogens (tertiary/aromatic N) is 3. The normalized spacial score (nSPS) is 18.5. The second-order valence-corrected chi connectivity index (χ2v) is 6.74. The van der Waals surface area contributed by atoms with Crippen molar-refractivity contribution in [3.8, 4) is 0 Å². The quantitative estimate of drug-likeness (QED) is 0.921. The van der Waals surface area contributed by atoms with E-state index in [0.29, 0.717) is 30.7 Å². The first-order chi connectivity index (χ1) is 11.7. The van der Waals surface area contributed by atoms with Gasteiger partial charge in [0.1, 0.15) is 0 Å². The van der Waals surface area contributed by atoms with Gasteiger partial charge in [-0.15, -0.1) is 0 Å². The maximum Gasteiger partial charge on any atom is 0.449 e. The molecule has 0 bridgehead atoms. The maximum absolute atomic E-state index is 13.3. The summed E-state index contributed by atoms with van der Waals surface area (Å²) < 4.78 is 40.9. The summed E-state index contributed by atoms with van der Waals surface area (Å²) in [6.45, 7) is 5.07. The molecule has 2 aromatic rings. The van der Waals surface area contributed by atoms with Gasteiger partial charge in [-0.1, -0.05) is 0 Å². The summed E-state index contributed by atoms with van der Waals surface area (Å²) >= 11 is 0. The van der Waals surface area contributed by atoms with Crippen LogP contribution in [0.5, 0.6) is 0 Å². The lowest BCUT2D eigenvalue weighted by Gasteiger charge is -2.17. The minimum Gasteiger partial charge on any atom is -0.338 e. The van der Waals surface area contributed by atoms with Crippen LogP contribution < -0.4 is 5.73 Å². The molecule has 25 heavy (non-hydrogen) atoms. The standard InChI is InChI=1S/C17H21F3N4O/c1-10(2)24-14-4-3-12(7-13(14)22-16(24)17(18,19)20)15(25)23-6-5-11(8-21)9-23/h3-4,7,10-11H,5-6,8-9,21H2,1-2H3. The largest absolute Gasteiger partial charge is 0.449 e. The Bertz CT molecular complexity index is 797. The minimum atomic E-state index is -4.54. The summed E-state index contributed by atoms with van der Waals surface area (Å²) in [5.41, 5.74) is 6.55. The van der Waals surface area contributed by atoms with Gasteiger partial charge in [0.15, 0.2) is 0 Å². The zero-order chi connectivity index (χ0) is 18.4. The first kappa shape index (κ1) is 17.7. The molecule has 1 fully saturated rings. The van der Waals surface area contributed by atoms with Crippen LogP contribution in [0.4, 0.5) is 13.2 Å². The first-order valence-corrected chi connectivity index (χ1v) is 8.31. The number of likely N-dealkylation sites (tertiary alicyclic amines) is 1. The number of aromatic nitrogens is 2. The molecule has 8 heteroatoms. The number of hydrogen-bond donors (Lipinski definition) is 1. The smallest absolute Gasteiger partial charge is 0.338 e. The van der Waals surface area contributed by atoms with Crippen LogP contribution in [0.3, 0.4) is 0 Å². The second-order valence-electron chi connectivity index (χ2n) is 6.74. The van der Waals surface area contributed by atoms with Crippen LogP contribution in [-0.4, -0.2) is 40.0 Å². The Balaban J connectivity index is 1.99. The summed E-state index contributed by atoms with van der Waals surface area (Å²) in [6.07, 6.45) is -3.69. The predicted octanol–water partition coefficient (Wildman–Crippen LogP) is 3.06. The van der Waals surface area contributed by atoms with Gasteiger partial charge >= 0.3 is 6.18 Å². The second kappa shape index (κ2) is 6.33. The van der Waals surface area contributed by atoms with E-state index in [1.807, 2.05) is 0 Å². The molecule has 1 aromatic heterocycles. The van der Waals surface area contributed by atoms with E-state index in [1.165, 1.54) is 6.07 Å². The third kappa shape index (κ3) is 3.22. The summed E-state index contributed by atoms with van der Waals surface area (Å²) in [5.74, 6) is -0.846. The molecule has 0 spiro atoms. The van der Waals surface area contributed by atoms with Crippen LogP contribution in [0, 0.1) is 5.92 Å². The van der Waals surface area contributed by atoms with Gasteiger partial charge in [-0.3, -0.25) is 4.79 Å². The van der Waals surface area contributed by atoms with Gasteiger partial charge < -0.3 is 15.2 Å². The van der Waals surface area contributed by atoms with Crippen molar-refractivity contribution < 1.29 is 18.0 Å². The molecule has 1 aliphatic heterocycles. The molecule has 1 atom stereocenters. The Kier molecular flexibility index (Phi) is 4.49. The highest BCUT2D eigenvalue weighted by molar-refractivity contribution is 5.97. The summed E-state index contributed by atoms with van der Waals surface area (Å²) in [7, 11) is 0. The van der Waals surface area contributed by atoms with Crippen LogP contribution in [0.1, 0.15) is 42.5 Å². The van der Waals surface area contributed by atoms with Crippen LogP contribution in [0.2, 0.25) is 0 Å². The number of carbonyl (C=O) groups is 1. The van der Waals surface area contributed by atoms with E-state index in [1.54, 1.807) is 30.9 Å². The van der Waals surface area contributed by atoms with Crippen LogP contribution in [0.25, 0.3) is 11.0 Å². The molecule has 2 N–H and O–H groups in total. The van der Waals surface area contributed by atoms with E-state index >= 15 is 0 Å². The van der Waals surface area contributed by atoms with E-state index in [4.69, 9.17) is 5.73 Å². The number of halogens is 3. The fourth-order valence-corrected chi connectivity index (χ4v) is 3.35. The number of fused-ring (bicyclic) bond motifs is 1. The lowest BCUT2D eigenvalue weighted by molar-refractivity contribution is -0.147. The highest BCUT2D eigenvalue weighted by atomic mass is 19.4. The van der Waals surface area contributed by atoms with Crippen molar-refractivity contribution in [2.45, 2.75) is 32.5 Å². The monoisotopic (exact) mass is 354 g/mol. The fourth-order valence-electron chi connectivity index (χ4n) is 3.35. The number of benzene rings is 1. The van der Waals surface area contributed by atoms with Gasteiger partial charge in [0, 0.05) is 24.7 Å². The molecule has 3 rings (SSSR count). The average Bonchev–Trinajstić information content (AvgIpc) is 3.17. The maximum atomic E-state index is 13.3. The Morgan fingerprint density at radius 3 is 2.68 bits per heavy atom. The van der Waals surface area contributed by atoms with Gasteiger partial charge in [0.25, 0.3) is 5.91 Å². The highest BCUT2D eigenvalue weighted by Gasteiger charge is 2.38. The Labute approximate surface area is 143 Å². The summed E-state index contributed by atoms with van der Waals surface area (Å²) in [5, 5.41) is 0. The van der Waals surface area contributed by atoms with Crippen molar-refractivity contribution in [3.05, 3.63) is 29.6 Å². The van der Waals surface area contributed by atoms with Gasteiger partial charge in [0.2, 0.25) is 5.82 Å². The molecule has 1 saturated heterocycles. The number of carbonyl (C=O) groups excluding carboxylic acids is 1. The van der Waals surface area contributed by atoms with Crippen molar-refractivity contribution in [1.29, 1.82) is 0 Å². The molecule has 1 amide bonds. The van der Waals surface area contributed by atoms with E-state index in [2.05, 4.69) is 4.98 Å². The zero-order valence-corrected chi connectivity index (χ0v) is 14.2. The van der Waals surface area contributed by atoms with Gasteiger partial charge in [-0.05, 0) is 50.9 Å². The molecule has 1 unspecified atom stereocenters. The van der Waals surface area contributed by atoms with Gasteiger partial charge in [-0.2, -0.15) is 13.2 Å². The molecular weight excluding hydrogens is 333 g/mol. The predicted molar refractivity (Wildman–Crippen MR) is 88.2 cm³/mol. The first-order valence-electron chi connectivity index (χ1n) is 8.31. The van der Waals surface area contributed by atoms with Crippen molar-refractivity contribution in [1.82, 2.24) is 14.5 Å². The van der Waals surface area contributed by atoms with Crippen LogP contribution >= 0.6 is 0 Å². The van der Waals surface area contributed by atoms with E-state index in [9.17, 15) is 18.0 Å². The van der Waals surface area contributed by atoms with Crippen LogP contribution in [0.15, 0.2) is 18.2 Å². The molecule has 0 saturated carbocycles. The molecular formula is C17H21F3N4O. The Morgan fingerprint density at radius 2 is 2.12 bits per heavy atom. The lowest BCUT2D eigenvalue weighted by Crippen LogP contribution is -2.29. The molecule has 1 aliphatic rings.